The molecule has 2 atom stereocenters. The van der Waals surface area contributed by atoms with Crippen molar-refractivity contribution in [3.63, 3.8) is 0 Å². The summed E-state index contributed by atoms with van der Waals surface area (Å²) < 4.78 is 4.70. The van der Waals surface area contributed by atoms with E-state index in [0.717, 1.165) is 0 Å². The maximum absolute atomic E-state index is 11.2. The van der Waals surface area contributed by atoms with Crippen LogP contribution in [0.4, 0.5) is 0 Å². The van der Waals surface area contributed by atoms with Gasteiger partial charge in [-0.3, -0.25) is 4.79 Å². The Hall–Kier alpha value is -1.83. The van der Waals surface area contributed by atoms with Gasteiger partial charge in [-0.15, -0.1) is 6.42 Å². The molecule has 0 aliphatic carbocycles. The Balaban J connectivity index is 2.71. The highest BCUT2D eigenvalue weighted by atomic mass is 16.5. The molecule has 0 saturated carbocycles. The summed E-state index contributed by atoms with van der Waals surface area (Å²) in [5.41, 5.74) is 1.08. The molecule has 2 unspecified atom stereocenters. The van der Waals surface area contributed by atoms with Crippen LogP contribution in [0.5, 0.6) is 0 Å². The quantitative estimate of drug-likeness (QED) is 0.603. The van der Waals surface area contributed by atoms with E-state index in [1.54, 1.807) is 31.2 Å². The van der Waals surface area contributed by atoms with E-state index in [2.05, 4.69) is 5.92 Å². The van der Waals surface area contributed by atoms with Gasteiger partial charge in [-0.05, 0) is 24.6 Å². The number of aliphatic hydroxyl groups is 2. The van der Waals surface area contributed by atoms with Crippen LogP contribution in [0.2, 0.25) is 0 Å². The molecule has 1 aromatic carbocycles. The van der Waals surface area contributed by atoms with Gasteiger partial charge in [-0.2, -0.15) is 0 Å². The zero-order valence-corrected chi connectivity index (χ0v) is 10.2. The minimum Gasteiger partial charge on any atom is -0.466 e. The minimum atomic E-state index is -1.21. The van der Waals surface area contributed by atoms with Crippen molar-refractivity contribution in [2.75, 3.05) is 6.61 Å². The van der Waals surface area contributed by atoms with E-state index in [9.17, 15) is 15.0 Å². The van der Waals surface area contributed by atoms with Crippen molar-refractivity contribution in [3.05, 3.63) is 35.4 Å². The molecule has 1 rings (SSSR count). The van der Waals surface area contributed by atoms with E-state index in [1.165, 1.54) is 0 Å². The third-order valence-electron chi connectivity index (χ3n) is 2.44. The van der Waals surface area contributed by atoms with Crippen molar-refractivity contribution in [3.8, 4) is 12.3 Å². The van der Waals surface area contributed by atoms with Gasteiger partial charge in [0.15, 0.2) is 0 Å². The summed E-state index contributed by atoms with van der Waals surface area (Å²) in [7, 11) is 0. The number of terminal acetylenes is 1. The van der Waals surface area contributed by atoms with Crippen molar-refractivity contribution in [2.45, 2.75) is 25.6 Å². The Morgan fingerprint density at radius 1 is 1.50 bits per heavy atom. The number of ether oxygens (including phenoxy) is 1. The molecule has 0 saturated heterocycles. The van der Waals surface area contributed by atoms with Crippen molar-refractivity contribution in [1.82, 2.24) is 0 Å². The molecule has 0 amide bonds. The predicted molar refractivity (Wildman–Crippen MR) is 66.6 cm³/mol. The Bertz CT molecular complexity index is 447. The highest BCUT2D eigenvalue weighted by Gasteiger charge is 2.22. The maximum atomic E-state index is 11.2. The highest BCUT2D eigenvalue weighted by Crippen LogP contribution is 2.20. The van der Waals surface area contributed by atoms with Crippen LogP contribution in [0.3, 0.4) is 0 Å². The van der Waals surface area contributed by atoms with E-state index in [4.69, 9.17) is 11.2 Å². The largest absolute Gasteiger partial charge is 0.466 e. The number of carbonyl (C=O) groups excluding carboxylic acids is 1. The Morgan fingerprint density at radius 2 is 2.22 bits per heavy atom. The summed E-state index contributed by atoms with van der Waals surface area (Å²) >= 11 is 0. The SMILES string of the molecule is C#Cc1cccc(C(O)C(O)CC(=O)OCC)c1. The Kier molecular flexibility index (Phi) is 5.37. The first-order valence-electron chi connectivity index (χ1n) is 5.66. The van der Waals surface area contributed by atoms with Crippen molar-refractivity contribution >= 4 is 5.97 Å². The first-order chi connectivity index (χ1) is 8.58. The zero-order valence-electron chi connectivity index (χ0n) is 10.2. The summed E-state index contributed by atoms with van der Waals surface area (Å²) in [6.07, 6.45) is 2.62. The zero-order chi connectivity index (χ0) is 13.5. The Labute approximate surface area is 106 Å². The average molecular weight is 248 g/mol. The number of esters is 1. The van der Waals surface area contributed by atoms with E-state index in [0.29, 0.717) is 11.1 Å². The fourth-order valence-corrected chi connectivity index (χ4v) is 1.54. The molecule has 96 valence electrons. The smallest absolute Gasteiger partial charge is 0.308 e. The lowest BCUT2D eigenvalue weighted by atomic mass is 10.0. The number of hydrogen-bond acceptors (Lipinski definition) is 4. The fourth-order valence-electron chi connectivity index (χ4n) is 1.54. The van der Waals surface area contributed by atoms with Crippen molar-refractivity contribution in [2.24, 2.45) is 0 Å². The summed E-state index contributed by atoms with van der Waals surface area (Å²) in [5, 5.41) is 19.6. The van der Waals surface area contributed by atoms with Crippen LogP contribution in [0.1, 0.15) is 30.6 Å². The molecular formula is C14H16O4. The van der Waals surface area contributed by atoms with Crippen LogP contribution in [0.15, 0.2) is 24.3 Å². The summed E-state index contributed by atoms with van der Waals surface area (Å²) in [5.74, 6) is 1.89. The molecule has 4 heteroatoms. The van der Waals surface area contributed by atoms with Crippen LogP contribution in [-0.4, -0.2) is 28.9 Å². The van der Waals surface area contributed by atoms with Crippen LogP contribution >= 0.6 is 0 Å². The first-order valence-corrected chi connectivity index (χ1v) is 5.66. The fraction of sp³-hybridized carbons (Fsp3) is 0.357. The molecule has 0 aliphatic rings. The van der Waals surface area contributed by atoms with Crippen LogP contribution in [-0.2, 0) is 9.53 Å². The van der Waals surface area contributed by atoms with Gasteiger partial charge in [0, 0.05) is 5.56 Å². The normalized spacial score (nSPS) is 13.4. The van der Waals surface area contributed by atoms with Crippen molar-refractivity contribution in [1.29, 1.82) is 0 Å². The molecule has 1 aromatic rings. The second-order valence-corrected chi connectivity index (χ2v) is 3.79. The van der Waals surface area contributed by atoms with Gasteiger partial charge < -0.3 is 14.9 Å². The van der Waals surface area contributed by atoms with Gasteiger partial charge in [-0.1, -0.05) is 18.1 Å². The number of hydrogen-bond donors (Lipinski definition) is 2. The monoisotopic (exact) mass is 248 g/mol. The van der Waals surface area contributed by atoms with Gasteiger partial charge in [0.25, 0.3) is 0 Å². The number of aliphatic hydroxyl groups excluding tert-OH is 2. The lowest BCUT2D eigenvalue weighted by Crippen LogP contribution is -2.23. The molecule has 0 bridgehead atoms. The van der Waals surface area contributed by atoms with Gasteiger partial charge in [0.1, 0.15) is 6.10 Å². The molecular weight excluding hydrogens is 232 g/mol. The van der Waals surface area contributed by atoms with Crippen LogP contribution in [0.25, 0.3) is 0 Å². The summed E-state index contributed by atoms with van der Waals surface area (Å²) in [6.45, 7) is 1.92. The van der Waals surface area contributed by atoms with E-state index >= 15 is 0 Å². The Morgan fingerprint density at radius 3 is 2.83 bits per heavy atom. The van der Waals surface area contributed by atoms with E-state index in [-0.39, 0.29) is 13.0 Å². The minimum absolute atomic E-state index is 0.244. The standard InChI is InChI=1S/C14H16O4/c1-3-10-6-5-7-11(8-10)14(17)12(15)9-13(16)18-4-2/h1,5-8,12,14-15,17H,4,9H2,2H3. The van der Waals surface area contributed by atoms with Crippen molar-refractivity contribution < 1.29 is 19.7 Å². The predicted octanol–water partition coefficient (Wildman–Crippen LogP) is 1.02. The van der Waals surface area contributed by atoms with Crippen LogP contribution in [0, 0.1) is 12.3 Å². The van der Waals surface area contributed by atoms with Crippen LogP contribution < -0.4 is 0 Å². The van der Waals surface area contributed by atoms with E-state index in [1.807, 2.05) is 0 Å². The number of rotatable bonds is 5. The van der Waals surface area contributed by atoms with Gasteiger partial charge in [0.05, 0.1) is 19.1 Å². The van der Waals surface area contributed by atoms with E-state index < -0.39 is 18.2 Å². The third-order valence-corrected chi connectivity index (χ3v) is 2.44. The third kappa shape index (κ3) is 3.88. The second kappa shape index (κ2) is 6.80. The topological polar surface area (TPSA) is 66.8 Å². The second-order valence-electron chi connectivity index (χ2n) is 3.79. The molecule has 0 spiro atoms. The molecule has 0 aliphatic heterocycles. The van der Waals surface area contributed by atoms with Gasteiger partial charge >= 0.3 is 5.97 Å². The molecule has 4 nitrogen and oxygen atoms in total. The molecule has 0 heterocycles. The van der Waals surface area contributed by atoms with Gasteiger partial charge in [0.2, 0.25) is 0 Å². The maximum Gasteiger partial charge on any atom is 0.308 e. The number of carbonyl (C=O) groups is 1. The molecule has 18 heavy (non-hydrogen) atoms. The molecule has 0 radical (unpaired) electrons. The highest BCUT2D eigenvalue weighted by molar-refractivity contribution is 5.70. The average Bonchev–Trinajstić information content (AvgIpc) is 2.38. The lowest BCUT2D eigenvalue weighted by molar-refractivity contribution is -0.147. The lowest BCUT2D eigenvalue weighted by Gasteiger charge is -2.17. The summed E-state index contributed by atoms with van der Waals surface area (Å²) in [6, 6.07) is 6.64. The summed E-state index contributed by atoms with van der Waals surface area (Å²) in [4.78, 5) is 11.2. The molecule has 2 N–H and O–H groups in total. The first kappa shape index (κ1) is 14.2. The molecule has 0 fully saturated rings. The molecule has 0 aromatic heterocycles. The number of benzene rings is 1. The van der Waals surface area contributed by atoms with Gasteiger partial charge in [-0.25, -0.2) is 0 Å².